The van der Waals surface area contributed by atoms with Crippen LogP contribution >= 0.6 is 11.6 Å². The second-order valence-electron chi connectivity index (χ2n) is 3.42. The van der Waals surface area contributed by atoms with E-state index in [4.69, 9.17) is 16.3 Å². The molecule has 0 atom stereocenters. The normalized spacial score (nSPS) is 9.94. The van der Waals surface area contributed by atoms with E-state index < -0.39 is 5.97 Å². The second kappa shape index (κ2) is 5.46. The van der Waals surface area contributed by atoms with Gasteiger partial charge in [-0.3, -0.25) is 4.98 Å². The van der Waals surface area contributed by atoms with Crippen molar-refractivity contribution in [3.05, 3.63) is 64.9 Å². The molecule has 0 saturated carbocycles. The van der Waals surface area contributed by atoms with E-state index in [1.165, 1.54) is 12.4 Å². The van der Waals surface area contributed by atoms with Gasteiger partial charge in [-0.2, -0.15) is 0 Å². The van der Waals surface area contributed by atoms with Gasteiger partial charge >= 0.3 is 5.97 Å². The highest BCUT2D eigenvalue weighted by atomic mass is 35.5. The first-order chi connectivity index (χ1) is 8.27. The van der Waals surface area contributed by atoms with E-state index >= 15 is 0 Å². The molecular formula is C13H10ClNO2. The summed E-state index contributed by atoms with van der Waals surface area (Å²) in [5.41, 5.74) is 1.21. The molecule has 0 fully saturated rings. The van der Waals surface area contributed by atoms with Crippen molar-refractivity contribution >= 4 is 17.6 Å². The van der Waals surface area contributed by atoms with Crippen LogP contribution in [-0.4, -0.2) is 11.0 Å². The molecular weight excluding hydrogens is 238 g/mol. The van der Waals surface area contributed by atoms with Gasteiger partial charge in [-0.05, 0) is 11.6 Å². The number of aromatic nitrogens is 1. The molecule has 1 aromatic heterocycles. The van der Waals surface area contributed by atoms with E-state index in [1.807, 2.05) is 30.3 Å². The van der Waals surface area contributed by atoms with Gasteiger partial charge in [-0.25, -0.2) is 4.79 Å². The third-order valence-electron chi connectivity index (χ3n) is 2.20. The van der Waals surface area contributed by atoms with Crippen LogP contribution in [0, 0.1) is 0 Å². The molecule has 0 aliphatic rings. The Kier molecular flexibility index (Phi) is 3.73. The van der Waals surface area contributed by atoms with Crippen molar-refractivity contribution in [1.29, 1.82) is 0 Å². The van der Waals surface area contributed by atoms with Crippen molar-refractivity contribution in [2.45, 2.75) is 6.61 Å². The number of hydrogen-bond donors (Lipinski definition) is 0. The number of carbonyl (C=O) groups is 1. The first-order valence-electron chi connectivity index (χ1n) is 5.08. The average molecular weight is 248 g/mol. The van der Waals surface area contributed by atoms with Gasteiger partial charge in [0.05, 0.1) is 10.6 Å². The Morgan fingerprint density at radius 2 is 2.00 bits per heavy atom. The lowest BCUT2D eigenvalue weighted by atomic mass is 10.2. The molecule has 0 spiro atoms. The maximum Gasteiger partial charge on any atom is 0.341 e. The highest BCUT2D eigenvalue weighted by Gasteiger charge is 2.11. The number of nitrogens with zero attached hydrogens (tertiary/aromatic N) is 1. The number of esters is 1. The smallest absolute Gasteiger partial charge is 0.341 e. The Labute approximate surface area is 104 Å². The zero-order valence-electron chi connectivity index (χ0n) is 8.97. The van der Waals surface area contributed by atoms with Crippen molar-refractivity contribution in [3.63, 3.8) is 0 Å². The van der Waals surface area contributed by atoms with Crippen LogP contribution in [0.5, 0.6) is 0 Å². The minimum Gasteiger partial charge on any atom is -0.457 e. The highest BCUT2D eigenvalue weighted by molar-refractivity contribution is 6.33. The van der Waals surface area contributed by atoms with Crippen molar-refractivity contribution in [2.24, 2.45) is 0 Å². The van der Waals surface area contributed by atoms with Crippen LogP contribution in [0.25, 0.3) is 0 Å². The molecule has 0 saturated heterocycles. The van der Waals surface area contributed by atoms with Crippen LogP contribution in [-0.2, 0) is 11.3 Å². The first-order valence-corrected chi connectivity index (χ1v) is 5.46. The Morgan fingerprint density at radius 1 is 1.24 bits per heavy atom. The minimum absolute atomic E-state index is 0.227. The third-order valence-corrected chi connectivity index (χ3v) is 2.53. The molecule has 4 heteroatoms. The number of ether oxygens (including phenoxy) is 1. The maximum atomic E-state index is 11.7. The summed E-state index contributed by atoms with van der Waals surface area (Å²) in [6, 6.07) is 11.0. The number of carbonyl (C=O) groups excluding carboxylic acids is 1. The summed E-state index contributed by atoms with van der Waals surface area (Å²) < 4.78 is 5.13. The van der Waals surface area contributed by atoms with Crippen LogP contribution in [0.2, 0.25) is 5.02 Å². The van der Waals surface area contributed by atoms with Crippen LogP contribution in [0.15, 0.2) is 48.8 Å². The molecule has 0 bridgehead atoms. The van der Waals surface area contributed by atoms with Gasteiger partial charge < -0.3 is 4.74 Å². The van der Waals surface area contributed by atoms with E-state index in [0.29, 0.717) is 5.02 Å². The lowest BCUT2D eigenvalue weighted by molar-refractivity contribution is 0.0472. The predicted molar refractivity (Wildman–Crippen MR) is 64.8 cm³/mol. The SMILES string of the molecule is O=C(OCc1ccccc1)c1cnccc1Cl. The predicted octanol–water partition coefficient (Wildman–Crippen LogP) is 3.09. The zero-order chi connectivity index (χ0) is 12.1. The van der Waals surface area contributed by atoms with Crippen LogP contribution in [0.3, 0.4) is 0 Å². The Hall–Kier alpha value is -1.87. The maximum absolute atomic E-state index is 11.7. The number of hydrogen-bond acceptors (Lipinski definition) is 3. The van der Waals surface area contributed by atoms with Gasteiger partial charge in [0.2, 0.25) is 0 Å². The Morgan fingerprint density at radius 3 is 2.71 bits per heavy atom. The fourth-order valence-electron chi connectivity index (χ4n) is 1.33. The van der Waals surface area contributed by atoms with Crippen molar-refractivity contribution < 1.29 is 9.53 Å². The van der Waals surface area contributed by atoms with Gasteiger partial charge in [0.1, 0.15) is 6.61 Å². The summed E-state index contributed by atoms with van der Waals surface area (Å²) in [5.74, 6) is -0.466. The summed E-state index contributed by atoms with van der Waals surface area (Å²) in [6.45, 7) is 0.227. The van der Waals surface area contributed by atoms with E-state index in [2.05, 4.69) is 4.98 Å². The van der Waals surface area contributed by atoms with E-state index in [1.54, 1.807) is 6.07 Å². The van der Waals surface area contributed by atoms with Gasteiger partial charge in [0, 0.05) is 12.4 Å². The quantitative estimate of drug-likeness (QED) is 0.783. The van der Waals surface area contributed by atoms with Crippen molar-refractivity contribution in [3.8, 4) is 0 Å². The summed E-state index contributed by atoms with van der Waals surface area (Å²) in [6.07, 6.45) is 2.92. The number of benzene rings is 1. The average Bonchev–Trinajstić information content (AvgIpc) is 2.38. The summed E-state index contributed by atoms with van der Waals surface area (Å²) >= 11 is 5.86. The fourth-order valence-corrected chi connectivity index (χ4v) is 1.51. The first kappa shape index (κ1) is 11.6. The monoisotopic (exact) mass is 247 g/mol. The summed E-state index contributed by atoms with van der Waals surface area (Å²) in [7, 11) is 0. The van der Waals surface area contributed by atoms with Crippen molar-refractivity contribution in [2.75, 3.05) is 0 Å². The Balaban J connectivity index is 2.01. The zero-order valence-corrected chi connectivity index (χ0v) is 9.72. The highest BCUT2D eigenvalue weighted by Crippen LogP contribution is 2.15. The molecule has 0 radical (unpaired) electrons. The molecule has 17 heavy (non-hydrogen) atoms. The summed E-state index contributed by atoms with van der Waals surface area (Å²) in [4.78, 5) is 15.5. The largest absolute Gasteiger partial charge is 0.457 e. The van der Waals surface area contributed by atoms with Gasteiger partial charge in [0.25, 0.3) is 0 Å². The van der Waals surface area contributed by atoms with Gasteiger partial charge in [0.15, 0.2) is 0 Å². The molecule has 0 aliphatic heterocycles. The van der Waals surface area contributed by atoms with Gasteiger partial charge in [-0.15, -0.1) is 0 Å². The molecule has 3 nitrogen and oxygen atoms in total. The van der Waals surface area contributed by atoms with Crippen LogP contribution in [0.4, 0.5) is 0 Å². The Bertz CT molecular complexity index is 514. The van der Waals surface area contributed by atoms with E-state index in [-0.39, 0.29) is 12.2 Å². The topological polar surface area (TPSA) is 39.2 Å². The summed E-state index contributed by atoms with van der Waals surface area (Å²) in [5, 5.41) is 0.345. The molecule has 1 aromatic carbocycles. The molecule has 86 valence electrons. The molecule has 1 heterocycles. The molecule has 0 N–H and O–H groups in total. The van der Waals surface area contributed by atoms with Crippen molar-refractivity contribution in [1.82, 2.24) is 4.98 Å². The molecule has 2 aromatic rings. The molecule has 0 unspecified atom stereocenters. The molecule has 2 rings (SSSR count). The number of rotatable bonds is 3. The van der Waals surface area contributed by atoms with Gasteiger partial charge in [-0.1, -0.05) is 41.9 Å². The minimum atomic E-state index is -0.466. The standard InChI is InChI=1S/C13H10ClNO2/c14-12-6-7-15-8-11(12)13(16)17-9-10-4-2-1-3-5-10/h1-8H,9H2. The van der Waals surface area contributed by atoms with Crippen LogP contribution in [0.1, 0.15) is 15.9 Å². The fraction of sp³-hybridized carbons (Fsp3) is 0.0769. The molecule has 0 amide bonds. The van der Waals surface area contributed by atoms with E-state index in [9.17, 15) is 4.79 Å². The molecule has 0 aliphatic carbocycles. The lowest BCUT2D eigenvalue weighted by Crippen LogP contribution is -2.06. The van der Waals surface area contributed by atoms with E-state index in [0.717, 1.165) is 5.56 Å². The number of pyridine rings is 1. The lowest BCUT2D eigenvalue weighted by Gasteiger charge is -2.05. The number of halogens is 1. The second-order valence-corrected chi connectivity index (χ2v) is 3.82. The third kappa shape index (κ3) is 3.04. The van der Waals surface area contributed by atoms with Crippen LogP contribution < -0.4 is 0 Å².